The van der Waals surface area contributed by atoms with Crippen LogP contribution < -0.4 is 0 Å². The molecule has 120 valence electrons. The molecule has 1 aromatic heterocycles. The minimum absolute atomic E-state index is 0.0288. The highest BCUT2D eigenvalue weighted by atomic mass is 79.9. The minimum Gasteiger partial charge on any atom is -0.466 e. The van der Waals surface area contributed by atoms with Gasteiger partial charge in [-0.3, -0.25) is 4.79 Å². The maximum absolute atomic E-state index is 11.7. The number of hydrogen-bond acceptors (Lipinski definition) is 4. The van der Waals surface area contributed by atoms with Crippen molar-refractivity contribution in [2.45, 2.75) is 38.0 Å². The Hall–Kier alpha value is -1.62. The zero-order valence-corrected chi connectivity index (χ0v) is 14.5. The molecule has 0 unspecified atom stereocenters. The Bertz CT molecular complexity index is 733. The highest BCUT2D eigenvalue weighted by molar-refractivity contribution is 9.10. The Balaban J connectivity index is 1.49. The summed E-state index contributed by atoms with van der Waals surface area (Å²) in [6.07, 6.45) is 3.22. The molecule has 1 heterocycles. The number of halogens is 1. The van der Waals surface area contributed by atoms with Gasteiger partial charge in [0.1, 0.15) is 5.69 Å². The number of aromatic nitrogens is 1. The highest BCUT2D eigenvalue weighted by Crippen LogP contribution is 2.48. The first-order chi connectivity index (χ1) is 11.2. The van der Waals surface area contributed by atoms with Crippen molar-refractivity contribution in [1.82, 2.24) is 4.98 Å². The van der Waals surface area contributed by atoms with Crippen LogP contribution in [-0.4, -0.2) is 17.6 Å². The first-order valence-corrected chi connectivity index (χ1v) is 8.90. The van der Waals surface area contributed by atoms with Crippen molar-refractivity contribution >= 4 is 21.9 Å². The van der Waals surface area contributed by atoms with E-state index in [9.17, 15) is 4.79 Å². The van der Waals surface area contributed by atoms with Crippen molar-refractivity contribution < 1.29 is 13.9 Å². The van der Waals surface area contributed by atoms with Gasteiger partial charge in [-0.15, -0.1) is 0 Å². The predicted molar refractivity (Wildman–Crippen MR) is 89.1 cm³/mol. The van der Waals surface area contributed by atoms with Gasteiger partial charge >= 0.3 is 5.97 Å². The molecule has 0 amide bonds. The van der Waals surface area contributed by atoms with Gasteiger partial charge in [0.15, 0.2) is 10.6 Å². The largest absolute Gasteiger partial charge is 0.466 e. The summed E-state index contributed by atoms with van der Waals surface area (Å²) in [7, 11) is 0. The van der Waals surface area contributed by atoms with E-state index in [2.05, 4.69) is 45.2 Å². The van der Waals surface area contributed by atoms with E-state index in [-0.39, 0.29) is 11.9 Å². The topological polar surface area (TPSA) is 52.3 Å². The van der Waals surface area contributed by atoms with Gasteiger partial charge in [-0.05, 0) is 53.6 Å². The van der Waals surface area contributed by atoms with E-state index in [4.69, 9.17) is 9.15 Å². The number of esters is 1. The Morgan fingerprint density at radius 2 is 2.09 bits per heavy atom. The fourth-order valence-corrected chi connectivity index (χ4v) is 3.44. The van der Waals surface area contributed by atoms with Gasteiger partial charge in [0, 0.05) is 11.5 Å². The number of ether oxygens (including phenoxy) is 1. The second-order valence-corrected chi connectivity index (χ2v) is 6.99. The number of oxazole rings is 1. The summed E-state index contributed by atoms with van der Waals surface area (Å²) in [5.74, 6) is 1.58. The Kier molecular flexibility index (Phi) is 3.76. The third-order valence-electron chi connectivity index (χ3n) is 4.52. The van der Waals surface area contributed by atoms with Crippen LogP contribution in [0.2, 0.25) is 0 Å². The Morgan fingerprint density at radius 1 is 1.35 bits per heavy atom. The lowest BCUT2D eigenvalue weighted by molar-refractivity contribution is -0.144. The zero-order chi connectivity index (χ0) is 16.0. The van der Waals surface area contributed by atoms with Crippen molar-refractivity contribution in [2.75, 3.05) is 6.61 Å². The van der Waals surface area contributed by atoms with Gasteiger partial charge in [0.2, 0.25) is 0 Å². The van der Waals surface area contributed by atoms with Gasteiger partial charge in [-0.25, -0.2) is 4.98 Å². The fourth-order valence-electron chi connectivity index (χ4n) is 2.96. The number of rotatable bonds is 5. The van der Waals surface area contributed by atoms with Crippen LogP contribution in [0.4, 0.5) is 0 Å². The maximum atomic E-state index is 11.7. The number of nitrogens with zero attached hydrogens (tertiary/aromatic N) is 1. The third-order valence-corrected chi connectivity index (χ3v) is 5.06. The predicted octanol–water partition coefficient (Wildman–Crippen LogP) is 4.65. The van der Waals surface area contributed by atoms with Crippen molar-refractivity contribution in [1.29, 1.82) is 0 Å². The van der Waals surface area contributed by atoms with E-state index in [1.54, 1.807) is 0 Å². The highest BCUT2D eigenvalue weighted by Gasteiger charge is 2.45. The second kappa shape index (κ2) is 5.78. The first kappa shape index (κ1) is 14.9. The first-order valence-electron chi connectivity index (χ1n) is 8.10. The molecule has 1 aromatic carbocycles. The van der Waals surface area contributed by atoms with Gasteiger partial charge in [0.05, 0.1) is 12.5 Å². The van der Waals surface area contributed by atoms with Crippen LogP contribution >= 0.6 is 15.9 Å². The summed E-state index contributed by atoms with van der Waals surface area (Å²) in [5.41, 5.74) is 3.08. The molecule has 0 aliphatic heterocycles. The van der Waals surface area contributed by atoms with Gasteiger partial charge in [-0.1, -0.05) is 24.3 Å². The van der Waals surface area contributed by atoms with E-state index in [1.165, 1.54) is 18.4 Å². The molecular formula is C18H18BrNO3. The van der Waals surface area contributed by atoms with Crippen LogP contribution in [0.3, 0.4) is 0 Å². The number of benzene rings is 1. The van der Waals surface area contributed by atoms with Gasteiger partial charge < -0.3 is 9.15 Å². The van der Waals surface area contributed by atoms with Crippen molar-refractivity contribution in [2.24, 2.45) is 5.92 Å². The second-order valence-electron chi connectivity index (χ2n) is 6.27. The molecule has 2 fully saturated rings. The van der Waals surface area contributed by atoms with E-state index >= 15 is 0 Å². The molecule has 0 spiro atoms. The van der Waals surface area contributed by atoms with Crippen LogP contribution in [0, 0.1) is 5.92 Å². The quantitative estimate of drug-likeness (QED) is 0.713. The summed E-state index contributed by atoms with van der Waals surface area (Å²) in [6.45, 7) is 2.29. The minimum atomic E-state index is -0.0742. The van der Waals surface area contributed by atoms with Crippen LogP contribution in [0.5, 0.6) is 0 Å². The molecule has 2 aromatic rings. The summed E-state index contributed by atoms with van der Waals surface area (Å²) in [5, 5.41) is 0. The summed E-state index contributed by atoms with van der Waals surface area (Å²) < 4.78 is 11.5. The smallest absolute Gasteiger partial charge is 0.309 e. The van der Waals surface area contributed by atoms with E-state index in [0.29, 0.717) is 23.1 Å². The van der Waals surface area contributed by atoms with Crippen molar-refractivity contribution in [3.8, 4) is 11.3 Å². The lowest BCUT2D eigenvalue weighted by atomic mass is 10.1. The summed E-state index contributed by atoms with van der Waals surface area (Å²) in [6, 6.07) is 8.26. The number of carbonyl (C=O) groups is 1. The fraction of sp³-hybridized carbons (Fsp3) is 0.444. The summed E-state index contributed by atoms with van der Waals surface area (Å²) >= 11 is 3.47. The molecule has 2 atom stereocenters. The molecule has 0 saturated heterocycles. The van der Waals surface area contributed by atoms with Crippen LogP contribution in [0.1, 0.15) is 49.5 Å². The molecule has 0 N–H and O–H groups in total. The Morgan fingerprint density at radius 3 is 2.74 bits per heavy atom. The van der Waals surface area contributed by atoms with E-state index in [1.807, 2.05) is 6.92 Å². The molecular weight excluding hydrogens is 358 g/mol. The molecule has 4 rings (SSSR count). The third kappa shape index (κ3) is 2.94. The van der Waals surface area contributed by atoms with Crippen LogP contribution in [0.25, 0.3) is 11.3 Å². The maximum Gasteiger partial charge on any atom is 0.309 e. The monoisotopic (exact) mass is 375 g/mol. The molecule has 0 bridgehead atoms. The standard InChI is InChI=1S/C18H18BrNO3/c1-2-22-18(21)14-9-13(14)10-3-5-11(6-4-10)15-16(19)23-17(20-15)12-7-8-12/h3-6,12-14H,2,7-9H2,1H3/t13-,14+/m1/s1. The van der Waals surface area contributed by atoms with Crippen molar-refractivity contribution in [3.05, 3.63) is 40.4 Å². The van der Waals surface area contributed by atoms with E-state index in [0.717, 1.165) is 23.6 Å². The SMILES string of the molecule is CCOC(=O)[C@H]1C[C@@H]1c1ccc(-c2nc(C3CC3)oc2Br)cc1. The van der Waals surface area contributed by atoms with E-state index < -0.39 is 0 Å². The van der Waals surface area contributed by atoms with Crippen molar-refractivity contribution in [3.63, 3.8) is 0 Å². The van der Waals surface area contributed by atoms with Gasteiger partial charge in [0.25, 0.3) is 0 Å². The Labute approximate surface area is 143 Å². The van der Waals surface area contributed by atoms with Gasteiger partial charge in [-0.2, -0.15) is 0 Å². The molecule has 23 heavy (non-hydrogen) atoms. The molecule has 2 aliphatic carbocycles. The normalized spacial score (nSPS) is 22.9. The molecule has 4 nitrogen and oxygen atoms in total. The lowest BCUT2D eigenvalue weighted by Gasteiger charge is -2.03. The lowest BCUT2D eigenvalue weighted by Crippen LogP contribution is -2.07. The van der Waals surface area contributed by atoms with Crippen LogP contribution in [-0.2, 0) is 9.53 Å². The molecule has 2 aliphatic rings. The average molecular weight is 376 g/mol. The summed E-state index contributed by atoms with van der Waals surface area (Å²) in [4.78, 5) is 16.4. The molecule has 5 heteroatoms. The van der Waals surface area contributed by atoms with Crippen LogP contribution in [0.15, 0.2) is 33.4 Å². The zero-order valence-electron chi connectivity index (χ0n) is 12.9. The number of hydrogen-bond donors (Lipinski definition) is 0. The number of carbonyl (C=O) groups excluding carboxylic acids is 1. The average Bonchev–Trinajstić information content (AvgIpc) is 3.45. The molecule has 0 radical (unpaired) electrons. The molecule has 2 saturated carbocycles.